The summed E-state index contributed by atoms with van der Waals surface area (Å²) in [5, 5.41) is 6.05. The number of hydrogen-bond donors (Lipinski definition) is 0. The normalized spacial score (nSPS) is 10.0. The zero-order chi connectivity index (χ0) is 7.66. The summed E-state index contributed by atoms with van der Waals surface area (Å²) in [5.41, 5.74) is 0. The van der Waals surface area contributed by atoms with Gasteiger partial charge in [0.25, 0.3) is 0 Å². The highest BCUT2D eigenvalue weighted by Crippen LogP contribution is 1.65. The van der Waals surface area contributed by atoms with Crippen LogP contribution in [0.4, 0.5) is 0 Å². The van der Waals surface area contributed by atoms with E-state index in [0.29, 0.717) is 0 Å². The molecule has 0 rings (SSSR count). The average molecular weight is 144 g/mol. The third-order valence-electron chi connectivity index (χ3n) is 0.396. The Morgan fingerprint density at radius 1 is 0.900 bits per heavy atom. The first kappa shape index (κ1) is 8.28. The van der Waals surface area contributed by atoms with Crippen molar-refractivity contribution in [3.8, 4) is 0 Å². The molecule has 0 bridgehead atoms. The van der Waals surface area contributed by atoms with Crippen LogP contribution in [0.5, 0.6) is 0 Å². The Balaban J connectivity index is 3.31. The molecular formula is C4H4N2O4. The standard InChI is InChI=1S/C4H4N2O4/c7-3-9-5-1-2-6-10-4-8/h1-4H. The van der Waals surface area contributed by atoms with E-state index in [-0.39, 0.29) is 12.9 Å². The minimum absolute atomic E-state index is 0.144. The lowest BCUT2D eigenvalue weighted by Crippen LogP contribution is -1.81. The molecule has 0 atom stereocenters. The summed E-state index contributed by atoms with van der Waals surface area (Å²) in [6.45, 7) is 0.288. The number of carbonyl (C=O) groups is 2. The zero-order valence-corrected chi connectivity index (χ0v) is 4.84. The summed E-state index contributed by atoms with van der Waals surface area (Å²) in [5.74, 6) is 0. The molecule has 6 nitrogen and oxygen atoms in total. The Hall–Kier alpha value is -1.72. The molecule has 0 radical (unpaired) electrons. The van der Waals surface area contributed by atoms with Crippen molar-refractivity contribution in [3.63, 3.8) is 0 Å². The largest absolute Gasteiger partial charge is 0.323 e. The van der Waals surface area contributed by atoms with E-state index in [1.54, 1.807) is 0 Å². The summed E-state index contributed by atoms with van der Waals surface area (Å²) >= 11 is 0. The smallest absolute Gasteiger partial charge is 0.322 e. The fourth-order valence-electron chi connectivity index (χ4n) is 0.174. The molecule has 0 fully saturated rings. The van der Waals surface area contributed by atoms with Crippen LogP contribution in [0.25, 0.3) is 0 Å². The lowest BCUT2D eigenvalue weighted by atomic mass is 10.8. The van der Waals surface area contributed by atoms with Gasteiger partial charge in [-0.2, -0.15) is 0 Å². The van der Waals surface area contributed by atoms with Crippen molar-refractivity contribution in [2.45, 2.75) is 0 Å². The Morgan fingerprint density at radius 3 is 1.60 bits per heavy atom. The minimum atomic E-state index is 0.144. The highest BCUT2D eigenvalue weighted by atomic mass is 16.7. The van der Waals surface area contributed by atoms with Crippen LogP contribution in [0.15, 0.2) is 10.3 Å². The number of rotatable bonds is 5. The van der Waals surface area contributed by atoms with Crippen molar-refractivity contribution < 1.29 is 19.3 Å². The molecule has 0 aromatic heterocycles. The molecule has 0 aliphatic heterocycles. The molecule has 6 heteroatoms. The van der Waals surface area contributed by atoms with Crippen LogP contribution in [0.2, 0.25) is 0 Å². The molecule has 0 amide bonds. The molecular weight excluding hydrogens is 140 g/mol. The number of carbonyl (C=O) groups excluding carboxylic acids is 2. The van der Waals surface area contributed by atoms with Crippen LogP contribution in [0.3, 0.4) is 0 Å². The molecule has 54 valence electrons. The maximum Gasteiger partial charge on any atom is 0.323 e. The summed E-state index contributed by atoms with van der Waals surface area (Å²) < 4.78 is 0. The van der Waals surface area contributed by atoms with Crippen molar-refractivity contribution in [2.24, 2.45) is 10.3 Å². The molecule has 0 N–H and O–H groups in total. The third kappa shape index (κ3) is 6.28. The first-order valence-electron chi connectivity index (χ1n) is 2.16. The van der Waals surface area contributed by atoms with Gasteiger partial charge in [0.2, 0.25) is 0 Å². The van der Waals surface area contributed by atoms with Crippen molar-refractivity contribution in [2.75, 3.05) is 0 Å². The molecule has 0 heterocycles. The fraction of sp³-hybridized carbons (Fsp3) is 0. The Bertz CT molecular complexity index is 135. The zero-order valence-electron chi connectivity index (χ0n) is 4.84. The second-order valence-electron chi connectivity index (χ2n) is 0.912. The molecule has 0 aromatic carbocycles. The Kier molecular flexibility index (Phi) is 6.03. The lowest BCUT2D eigenvalue weighted by molar-refractivity contribution is -0.129. The van der Waals surface area contributed by atoms with Crippen LogP contribution >= 0.6 is 0 Å². The van der Waals surface area contributed by atoms with Crippen LogP contribution in [0.1, 0.15) is 0 Å². The molecule has 0 saturated heterocycles. The number of oxime groups is 2. The molecule has 0 saturated carbocycles. The van der Waals surface area contributed by atoms with Gasteiger partial charge in [-0.1, -0.05) is 10.3 Å². The molecule has 0 aromatic rings. The maximum absolute atomic E-state index is 9.43. The minimum Gasteiger partial charge on any atom is -0.322 e. The van der Waals surface area contributed by atoms with E-state index < -0.39 is 0 Å². The van der Waals surface area contributed by atoms with Crippen LogP contribution < -0.4 is 0 Å². The SMILES string of the molecule is O=CON=CC=NOC=O. The van der Waals surface area contributed by atoms with Gasteiger partial charge in [0.05, 0.1) is 12.4 Å². The quantitative estimate of drug-likeness (QED) is 0.221. The first-order valence-corrected chi connectivity index (χ1v) is 2.16. The first-order chi connectivity index (χ1) is 4.91. The maximum atomic E-state index is 9.43. The van der Waals surface area contributed by atoms with Gasteiger partial charge in [-0.25, -0.2) is 0 Å². The van der Waals surface area contributed by atoms with Crippen LogP contribution in [-0.4, -0.2) is 25.4 Å². The van der Waals surface area contributed by atoms with Gasteiger partial charge in [0.15, 0.2) is 0 Å². The predicted octanol–water partition coefficient (Wildman–Crippen LogP) is -0.696. The van der Waals surface area contributed by atoms with Gasteiger partial charge in [0.1, 0.15) is 0 Å². The van der Waals surface area contributed by atoms with E-state index in [4.69, 9.17) is 0 Å². The molecule has 10 heavy (non-hydrogen) atoms. The molecule has 0 aliphatic rings. The van der Waals surface area contributed by atoms with Gasteiger partial charge < -0.3 is 9.68 Å². The monoisotopic (exact) mass is 144 g/mol. The predicted molar refractivity (Wildman–Crippen MR) is 31.3 cm³/mol. The third-order valence-corrected chi connectivity index (χ3v) is 0.396. The Labute approximate surface area is 56.1 Å². The molecule has 0 aliphatic carbocycles. The summed E-state index contributed by atoms with van der Waals surface area (Å²) in [6, 6.07) is 0. The van der Waals surface area contributed by atoms with Gasteiger partial charge in [-0.15, -0.1) is 0 Å². The van der Waals surface area contributed by atoms with E-state index in [9.17, 15) is 9.59 Å². The highest BCUT2D eigenvalue weighted by molar-refractivity contribution is 6.15. The van der Waals surface area contributed by atoms with Crippen molar-refractivity contribution in [1.82, 2.24) is 0 Å². The topological polar surface area (TPSA) is 77.3 Å². The van der Waals surface area contributed by atoms with Gasteiger partial charge in [-0.05, 0) is 0 Å². The second kappa shape index (κ2) is 7.28. The fourth-order valence-corrected chi connectivity index (χ4v) is 0.174. The van der Waals surface area contributed by atoms with Crippen LogP contribution in [-0.2, 0) is 19.3 Å². The summed E-state index contributed by atoms with van der Waals surface area (Å²) in [6.07, 6.45) is 2.08. The van der Waals surface area contributed by atoms with Gasteiger partial charge in [0, 0.05) is 0 Å². The Morgan fingerprint density at radius 2 is 1.30 bits per heavy atom. The summed E-state index contributed by atoms with van der Waals surface area (Å²) in [7, 11) is 0. The van der Waals surface area contributed by atoms with Gasteiger partial charge in [-0.3, -0.25) is 9.59 Å². The van der Waals surface area contributed by atoms with E-state index in [2.05, 4.69) is 20.0 Å². The number of nitrogens with zero attached hydrogens (tertiary/aromatic N) is 2. The van der Waals surface area contributed by atoms with E-state index >= 15 is 0 Å². The van der Waals surface area contributed by atoms with E-state index in [1.807, 2.05) is 0 Å². The molecule has 0 spiro atoms. The van der Waals surface area contributed by atoms with E-state index in [1.165, 1.54) is 0 Å². The summed E-state index contributed by atoms with van der Waals surface area (Å²) in [4.78, 5) is 26.6. The highest BCUT2D eigenvalue weighted by Gasteiger charge is 1.69. The lowest BCUT2D eigenvalue weighted by Gasteiger charge is -1.78. The van der Waals surface area contributed by atoms with Crippen molar-refractivity contribution >= 4 is 25.4 Å². The second-order valence-corrected chi connectivity index (χ2v) is 0.912. The van der Waals surface area contributed by atoms with Crippen molar-refractivity contribution in [3.05, 3.63) is 0 Å². The average Bonchev–Trinajstić information content (AvgIpc) is 1.97. The number of hydrogen-bond acceptors (Lipinski definition) is 6. The molecule has 0 unspecified atom stereocenters. The van der Waals surface area contributed by atoms with E-state index in [0.717, 1.165) is 12.4 Å². The van der Waals surface area contributed by atoms with Crippen molar-refractivity contribution in [1.29, 1.82) is 0 Å². The van der Waals surface area contributed by atoms with Crippen LogP contribution in [0, 0.1) is 0 Å². The van der Waals surface area contributed by atoms with Gasteiger partial charge >= 0.3 is 12.9 Å².